The molecule has 0 saturated heterocycles. The minimum Gasteiger partial charge on any atom is -0.334 e. The number of nitrogens with one attached hydrogen (secondary N) is 2. The molecule has 0 aromatic carbocycles. The van der Waals surface area contributed by atoms with Crippen molar-refractivity contribution in [2.45, 2.75) is 26.2 Å². The molecule has 98 valence electrons. The van der Waals surface area contributed by atoms with Crippen molar-refractivity contribution in [1.29, 1.82) is 0 Å². The zero-order chi connectivity index (χ0) is 13.8. The molecule has 0 unspecified atom stereocenters. The van der Waals surface area contributed by atoms with E-state index in [-0.39, 0.29) is 11.4 Å². The predicted molar refractivity (Wildman–Crippen MR) is 73.0 cm³/mol. The van der Waals surface area contributed by atoms with Crippen LogP contribution < -0.4 is 10.6 Å². The topological polar surface area (TPSA) is 66.9 Å². The Bertz CT molecular complexity index is 454. The van der Waals surface area contributed by atoms with Gasteiger partial charge in [-0.3, -0.25) is 5.32 Å². The quantitative estimate of drug-likeness (QED) is 0.829. The lowest BCUT2D eigenvalue weighted by Gasteiger charge is -2.20. The Morgan fingerprint density at radius 2 is 2.17 bits per heavy atom. The number of anilines is 1. The van der Waals surface area contributed by atoms with Gasteiger partial charge in [0.25, 0.3) is 0 Å². The van der Waals surface area contributed by atoms with Crippen LogP contribution in [-0.2, 0) is 5.41 Å². The first-order valence-electron chi connectivity index (χ1n) is 5.54. The number of aromatic nitrogens is 2. The monoisotopic (exact) mass is 268 g/mol. The molecule has 0 aliphatic heterocycles. The van der Waals surface area contributed by atoms with Crippen molar-refractivity contribution in [3.63, 3.8) is 0 Å². The maximum atomic E-state index is 11.4. The number of halogens is 1. The van der Waals surface area contributed by atoms with Crippen molar-refractivity contribution in [3.8, 4) is 0 Å². The van der Waals surface area contributed by atoms with Gasteiger partial charge in [-0.15, -0.1) is 16.8 Å². The van der Waals surface area contributed by atoms with Gasteiger partial charge < -0.3 is 5.32 Å². The van der Waals surface area contributed by atoms with Crippen LogP contribution in [0.2, 0.25) is 5.15 Å². The van der Waals surface area contributed by atoms with Gasteiger partial charge in [-0.25, -0.2) is 4.79 Å². The third-order valence-corrected chi connectivity index (χ3v) is 2.48. The van der Waals surface area contributed by atoms with E-state index in [1.165, 1.54) is 0 Å². The van der Waals surface area contributed by atoms with Crippen LogP contribution in [0.25, 0.3) is 0 Å². The first-order valence-corrected chi connectivity index (χ1v) is 5.92. The lowest BCUT2D eigenvalue weighted by molar-refractivity contribution is 0.253. The molecule has 0 aliphatic carbocycles. The summed E-state index contributed by atoms with van der Waals surface area (Å²) in [6, 6.07) is 1.37. The van der Waals surface area contributed by atoms with Crippen molar-refractivity contribution in [3.05, 3.63) is 29.4 Å². The van der Waals surface area contributed by atoms with Gasteiger partial charge in [-0.05, 0) is 11.5 Å². The number of rotatable bonds is 3. The van der Waals surface area contributed by atoms with E-state index >= 15 is 0 Å². The van der Waals surface area contributed by atoms with Gasteiger partial charge in [0.1, 0.15) is 0 Å². The average Bonchev–Trinajstić information content (AvgIpc) is 2.27. The minimum absolute atomic E-state index is 0.166. The molecule has 2 N–H and O–H groups in total. The first kappa shape index (κ1) is 14.4. The molecule has 1 heterocycles. The molecule has 0 spiro atoms. The molecule has 1 aromatic heterocycles. The van der Waals surface area contributed by atoms with Gasteiger partial charge in [0.2, 0.25) is 0 Å². The van der Waals surface area contributed by atoms with E-state index in [2.05, 4.69) is 27.4 Å². The Labute approximate surface area is 112 Å². The van der Waals surface area contributed by atoms with Crippen LogP contribution in [-0.4, -0.2) is 22.8 Å². The normalized spacial score (nSPS) is 10.9. The van der Waals surface area contributed by atoms with E-state index in [0.29, 0.717) is 17.5 Å². The van der Waals surface area contributed by atoms with E-state index in [1.807, 2.05) is 20.8 Å². The second-order valence-corrected chi connectivity index (χ2v) is 5.17. The van der Waals surface area contributed by atoms with E-state index < -0.39 is 0 Å². The van der Waals surface area contributed by atoms with Crippen LogP contribution in [0, 0.1) is 0 Å². The lowest BCUT2D eigenvalue weighted by atomic mass is 9.88. The van der Waals surface area contributed by atoms with Crippen LogP contribution in [0.1, 0.15) is 26.3 Å². The van der Waals surface area contributed by atoms with E-state index in [9.17, 15) is 4.79 Å². The summed E-state index contributed by atoms with van der Waals surface area (Å²) in [6.45, 7) is 9.93. The highest BCUT2D eigenvalue weighted by atomic mass is 35.5. The zero-order valence-electron chi connectivity index (χ0n) is 10.7. The fraction of sp³-hybridized carbons (Fsp3) is 0.417. The smallest absolute Gasteiger partial charge is 0.320 e. The molecule has 1 rings (SSSR count). The summed E-state index contributed by atoms with van der Waals surface area (Å²) in [5.41, 5.74) is 0.666. The van der Waals surface area contributed by atoms with Crippen molar-refractivity contribution in [2.75, 3.05) is 11.9 Å². The number of carbonyl (C=O) groups excluding carboxylic acids is 1. The van der Waals surface area contributed by atoms with Gasteiger partial charge in [-0.2, -0.15) is 0 Å². The summed E-state index contributed by atoms with van der Waals surface area (Å²) < 4.78 is 0. The highest BCUT2D eigenvalue weighted by Crippen LogP contribution is 2.28. The Kier molecular flexibility index (Phi) is 4.67. The first-order chi connectivity index (χ1) is 8.34. The molecule has 18 heavy (non-hydrogen) atoms. The summed E-state index contributed by atoms with van der Waals surface area (Å²) in [5.74, 6) is 0.367. The highest BCUT2D eigenvalue weighted by molar-refractivity contribution is 6.30. The van der Waals surface area contributed by atoms with Gasteiger partial charge in [0, 0.05) is 12.1 Å². The zero-order valence-corrected chi connectivity index (χ0v) is 11.5. The summed E-state index contributed by atoms with van der Waals surface area (Å²) in [7, 11) is 0. The van der Waals surface area contributed by atoms with Crippen molar-refractivity contribution < 1.29 is 4.79 Å². The van der Waals surface area contributed by atoms with Gasteiger partial charge in [-0.1, -0.05) is 38.4 Å². The van der Waals surface area contributed by atoms with Crippen LogP contribution in [0.5, 0.6) is 0 Å². The third-order valence-electron chi connectivity index (χ3n) is 2.21. The van der Waals surface area contributed by atoms with Gasteiger partial charge in [0.15, 0.2) is 11.0 Å². The number of amides is 2. The Balaban J connectivity index is 2.86. The second kappa shape index (κ2) is 5.82. The number of hydrogen-bond donors (Lipinski definition) is 2. The molecule has 0 atom stereocenters. The molecule has 0 fully saturated rings. The van der Waals surface area contributed by atoms with Gasteiger partial charge in [0.05, 0.1) is 0 Å². The second-order valence-electron chi connectivity index (χ2n) is 4.81. The lowest BCUT2D eigenvalue weighted by Crippen LogP contribution is -2.29. The maximum Gasteiger partial charge on any atom is 0.320 e. The van der Waals surface area contributed by atoms with E-state index in [4.69, 9.17) is 11.6 Å². The van der Waals surface area contributed by atoms with Crippen molar-refractivity contribution in [1.82, 2.24) is 15.5 Å². The number of hydrogen-bond acceptors (Lipinski definition) is 3. The highest BCUT2D eigenvalue weighted by Gasteiger charge is 2.19. The molecule has 0 radical (unpaired) electrons. The fourth-order valence-corrected chi connectivity index (χ4v) is 1.67. The summed E-state index contributed by atoms with van der Waals surface area (Å²) in [4.78, 5) is 11.4. The molecule has 0 aliphatic rings. The van der Waals surface area contributed by atoms with Crippen LogP contribution in [0.15, 0.2) is 18.7 Å². The standard InChI is InChI=1S/C12H17ClN4O/c1-5-6-14-11(18)15-9-7-8(12(2,3)4)10(13)17-16-9/h5,7H,1,6H2,2-4H3,(H2,14,15,16,18). The van der Waals surface area contributed by atoms with E-state index in [1.54, 1.807) is 12.1 Å². The number of carbonyl (C=O) groups is 1. The third kappa shape index (κ3) is 4.00. The van der Waals surface area contributed by atoms with Crippen molar-refractivity contribution >= 4 is 23.4 Å². The minimum atomic E-state index is -0.355. The van der Waals surface area contributed by atoms with Crippen LogP contribution in [0.3, 0.4) is 0 Å². The Hall–Kier alpha value is -1.62. The summed E-state index contributed by atoms with van der Waals surface area (Å²) in [5, 5.41) is 13.2. The van der Waals surface area contributed by atoms with Gasteiger partial charge >= 0.3 is 6.03 Å². The predicted octanol–water partition coefficient (Wildman–Crippen LogP) is 2.74. The van der Waals surface area contributed by atoms with E-state index in [0.717, 1.165) is 5.56 Å². The maximum absolute atomic E-state index is 11.4. The van der Waals surface area contributed by atoms with Crippen LogP contribution >= 0.6 is 11.6 Å². The number of urea groups is 1. The Morgan fingerprint density at radius 3 is 2.72 bits per heavy atom. The molecule has 0 bridgehead atoms. The van der Waals surface area contributed by atoms with Crippen molar-refractivity contribution in [2.24, 2.45) is 0 Å². The Morgan fingerprint density at radius 1 is 1.50 bits per heavy atom. The largest absolute Gasteiger partial charge is 0.334 e. The molecule has 6 heteroatoms. The fourth-order valence-electron chi connectivity index (χ4n) is 1.29. The molecule has 5 nitrogen and oxygen atoms in total. The molecule has 1 aromatic rings. The average molecular weight is 269 g/mol. The van der Waals surface area contributed by atoms with Crippen LogP contribution in [0.4, 0.5) is 10.6 Å². The molecular formula is C12H17ClN4O. The molecule has 0 saturated carbocycles. The SMILES string of the molecule is C=CCNC(=O)Nc1cc(C(C)(C)C)c(Cl)nn1. The molecular weight excluding hydrogens is 252 g/mol. The molecule has 2 amide bonds. The summed E-state index contributed by atoms with van der Waals surface area (Å²) in [6.07, 6.45) is 1.59. The summed E-state index contributed by atoms with van der Waals surface area (Å²) >= 11 is 5.99. The number of nitrogens with zero attached hydrogens (tertiary/aromatic N) is 2.